The van der Waals surface area contributed by atoms with Gasteiger partial charge in [0.1, 0.15) is 6.54 Å². The Hall–Kier alpha value is -1.93. The number of anilines is 1. The van der Waals surface area contributed by atoms with Gasteiger partial charge in [0, 0.05) is 18.2 Å². The summed E-state index contributed by atoms with van der Waals surface area (Å²) in [6.45, 7) is 3.02. The molecule has 7 nitrogen and oxygen atoms in total. The van der Waals surface area contributed by atoms with E-state index in [1.54, 1.807) is 17.9 Å². The monoisotopic (exact) mass is 326 g/mol. The lowest BCUT2D eigenvalue weighted by molar-refractivity contribution is -0.135. The molecule has 0 spiro atoms. The molecule has 0 saturated heterocycles. The number of carbonyl (C=O) groups is 2. The molecule has 0 radical (unpaired) electrons. The van der Waals surface area contributed by atoms with Crippen LogP contribution in [0.3, 0.4) is 0 Å². The van der Waals surface area contributed by atoms with Crippen molar-refractivity contribution in [2.45, 2.75) is 37.6 Å². The minimum atomic E-state index is -3.87. The van der Waals surface area contributed by atoms with Crippen molar-refractivity contribution in [2.24, 2.45) is 0 Å². The molecule has 0 fully saturated rings. The summed E-state index contributed by atoms with van der Waals surface area (Å²) in [7, 11) is -3.87. The Kier molecular flexibility index (Phi) is 4.52. The third kappa shape index (κ3) is 3.12. The Labute approximate surface area is 129 Å². The van der Waals surface area contributed by atoms with Gasteiger partial charge in [-0.1, -0.05) is 6.92 Å². The van der Waals surface area contributed by atoms with Crippen molar-refractivity contribution in [1.29, 1.82) is 0 Å². The summed E-state index contributed by atoms with van der Waals surface area (Å²) >= 11 is 0. The molecule has 1 unspecified atom stereocenters. The van der Waals surface area contributed by atoms with E-state index in [0.717, 1.165) is 11.3 Å². The normalized spacial score (nSPS) is 17.4. The number of nitrogens with one attached hydrogen (secondary N) is 1. The summed E-state index contributed by atoms with van der Waals surface area (Å²) in [6, 6.07) is 4.46. The van der Waals surface area contributed by atoms with E-state index in [-0.39, 0.29) is 16.8 Å². The highest BCUT2D eigenvalue weighted by Crippen LogP contribution is 2.34. The van der Waals surface area contributed by atoms with Crippen LogP contribution in [-0.4, -0.2) is 38.0 Å². The fraction of sp³-hybridized carbons (Fsp3) is 0.429. The van der Waals surface area contributed by atoms with Crippen molar-refractivity contribution in [1.82, 2.24) is 4.72 Å². The van der Waals surface area contributed by atoms with Crippen LogP contribution in [0, 0.1) is 0 Å². The summed E-state index contributed by atoms with van der Waals surface area (Å²) in [6.07, 6.45) is 0.952. The van der Waals surface area contributed by atoms with E-state index in [2.05, 4.69) is 0 Å². The standard InChI is InChI=1S/C14H18N2O5S/c1-3-13(17)16-9(2)6-10-7-11(4-5-12(10)16)22(20,21)15-8-14(18)19/h4-5,7,9,15H,3,6,8H2,1-2H3,(H,18,19). The number of hydrogen-bond acceptors (Lipinski definition) is 4. The fourth-order valence-electron chi connectivity index (χ4n) is 2.57. The second kappa shape index (κ2) is 6.05. The number of fused-ring (bicyclic) bond motifs is 1. The maximum absolute atomic E-state index is 12.0. The number of benzene rings is 1. The molecule has 1 atom stereocenters. The minimum absolute atomic E-state index is 0.00509. The van der Waals surface area contributed by atoms with Crippen LogP contribution in [0.25, 0.3) is 0 Å². The van der Waals surface area contributed by atoms with Crippen LogP contribution in [-0.2, 0) is 26.0 Å². The first-order chi connectivity index (χ1) is 10.3. The molecule has 0 bridgehead atoms. The molecule has 8 heteroatoms. The highest BCUT2D eigenvalue weighted by molar-refractivity contribution is 7.89. The molecule has 1 aromatic carbocycles. The highest BCUT2D eigenvalue weighted by atomic mass is 32.2. The molecule has 2 N–H and O–H groups in total. The smallest absolute Gasteiger partial charge is 0.318 e. The first-order valence-corrected chi connectivity index (χ1v) is 8.41. The molecule has 1 heterocycles. The fourth-order valence-corrected chi connectivity index (χ4v) is 3.59. The van der Waals surface area contributed by atoms with E-state index in [1.807, 2.05) is 11.6 Å². The van der Waals surface area contributed by atoms with Crippen molar-refractivity contribution in [3.63, 3.8) is 0 Å². The van der Waals surface area contributed by atoms with E-state index in [4.69, 9.17) is 5.11 Å². The maximum atomic E-state index is 12.0. The van der Waals surface area contributed by atoms with Crippen LogP contribution in [0.1, 0.15) is 25.8 Å². The Morgan fingerprint density at radius 1 is 1.41 bits per heavy atom. The van der Waals surface area contributed by atoms with E-state index in [0.29, 0.717) is 12.8 Å². The predicted octanol–water partition coefficient (Wildman–Crippen LogP) is 0.737. The molecular weight excluding hydrogens is 308 g/mol. The first-order valence-electron chi connectivity index (χ1n) is 6.92. The Morgan fingerprint density at radius 2 is 2.09 bits per heavy atom. The van der Waals surface area contributed by atoms with E-state index < -0.39 is 22.5 Å². The highest BCUT2D eigenvalue weighted by Gasteiger charge is 2.31. The van der Waals surface area contributed by atoms with Gasteiger partial charge in [-0.25, -0.2) is 8.42 Å². The van der Waals surface area contributed by atoms with E-state index in [9.17, 15) is 18.0 Å². The number of carboxylic acid groups (broad SMARTS) is 1. The van der Waals surface area contributed by atoms with Gasteiger partial charge in [-0.05, 0) is 37.1 Å². The average Bonchev–Trinajstić information content (AvgIpc) is 2.79. The number of rotatable bonds is 5. The zero-order valence-corrected chi connectivity index (χ0v) is 13.2. The largest absolute Gasteiger partial charge is 0.480 e. The Morgan fingerprint density at radius 3 is 2.68 bits per heavy atom. The third-order valence-electron chi connectivity index (χ3n) is 3.56. The molecule has 1 amide bonds. The molecular formula is C14H18N2O5S. The third-order valence-corrected chi connectivity index (χ3v) is 4.96. The topological polar surface area (TPSA) is 104 Å². The van der Waals surface area contributed by atoms with Crippen molar-refractivity contribution in [3.05, 3.63) is 23.8 Å². The lowest BCUT2D eigenvalue weighted by atomic mass is 10.1. The molecule has 1 aliphatic rings. The number of aliphatic carboxylic acids is 1. The number of nitrogens with zero attached hydrogens (tertiary/aromatic N) is 1. The van der Waals surface area contributed by atoms with Crippen molar-refractivity contribution >= 4 is 27.6 Å². The molecule has 0 saturated carbocycles. The van der Waals surface area contributed by atoms with Crippen LogP contribution >= 0.6 is 0 Å². The summed E-state index contributed by atoms with van der Waals surface area (Å²) in [5.74, 6) is -1.26. The number of carboxylic acids is 1. The van der Waals surface area contributed by atoms with Crippen molar-refractivity contribution < 1.29 is 23.1 Å². The van der Waals surface area contributed by atoms with Gasteiger partial charge < -0.3 is 10.0 Å². The van der Waals surface area contributed by atoms with Gasteiger partial charge in [0.05, 0.1) is 4.90 Å². The van der Waals surface area contributed by atoms with Crippen LogP contribution < -0.4 is 9.62 Å². The zero-order chi connectivity index (χ0) is 16.5. The lowest BCUT2D eigenvalue weighted by Crippen LogP contribution is -2.35. The van der Waals surface area contributed by atoms with Gasteiger partial charge in [-0.3, -0.25) is 9.59 Å². The second-order valence-electron chi connectivity index (χ2n) is 5.18. The molecule has 120 valence electrons. The van der Waals surface area contributed by atoms with Crippen LogP contribution in [0.2, 0.25) is 0 Å². The molecule has 22 heavy (non-hydrogen) atoms. The quantitative estimate of drug-likeness (QED) is 0.830. The minimum Gasteiger partial charge on any atom is -0.480 e. The number of amides is 1. The van der Waals surface area contributed by atoms with Crippen molar-refractivity contribution in [2.75, 3.05) is 11.4 Å². The van der Waals surface area contributed by atoms with Gasteiger partial charge in [-0.2, -0.15) is 4.72 Å². The summed E-state index contributed by atoms with van der Waals surface area (Å²) in [4.78, 5) is 24.1. The van der Waals surface area contributed by atoms with Crippen LogP contribution in [0.4, 0.5) is 5.69 Å². The summed E-state index contributed by atoms with van der Waals surface area (Å²) in [5.41, 5.74) is 1.49. The Bertz CT molecular complexity index is 714. The van der Waals surface area contributed by atoms with Crippen LogP contribution in [0.5, 0.6) is 0 Å². The average molecular weight is 326 g/mol. The van der Waals surface area contributed by atoms with Gasteiger partial charge in [0.25, 0.3) is 0 Å². The molecule has 0 aromatic heterocycles. The van der Waals surface area contributed by atoms with E-state index in [1.165, 1.54) is 12.1 Å². The molecule has 2 rings (SSSR count). The number of hydrogen-bond donors (Lipinski definition) is 2. The zero-order valence-electron chi connectivity index (χ0n) is 12.4. The maximum Gasteiger partial charge on any atom is 0.318 e. The molecule has 0 aliphatic carbocycles. The van der Waals surface area contributed by atoms with Gasteiger partial charge in [0.2, 0.25) is 15.9 Å². The van der Waals surface area contributed by atoms with Gasteiger partial charge in [0.15, 0.2) is 0 Å². The van der Waals surface area contributed by atoms with Gasteiger partial charge in [-0.15, -0.1) is 0 Å². The van der Waals surface area contributed by atoms with Crippen molar-refractivity contribution in [3.8, 4) is 0 Å². The number of sulfonamides is 1. The first kappa shape index (κ1) is 16.4. The molecule has 1 aliphatic heterocycles. The predicted molar refractivity (Wildman–Crippen MR) is 80.2 cm³/mol. The second-order valence-corrected chi connectivity index (χ2v) is 6.95. The summed E-state index contributed by atoms with van der Waals surface area (Å²) in [5, 5.41) is 8.57. The lowest BCUT2D eigenvalue weighted by Gasteiger charge is -2.22. The summed E-state index contributed by atoms with van der Waals surface area (Å²) < 4.78 is 26.1. The number of carbonyl (C=O) groups excluding carboxylic acids is 1. The SMILES string of the molecule is CCC(=O)N1c2ccc(S(=O)(=O)NCC(=O)O)cc2CC1C. The van der Waals surface area contributed by atoms with Crippen LogP contribution in [0.15, 0.2) is 23.1 Å². The molecule has 1 aromatic rings. The Balaban J connectivity index is 2.33. The van der Waals surface area contributed by atoms with E-state index >= 15 is 0 Å². The van der Waals surface area contributed by atoms with Gasteiger partial charge >= 0.3 is 5.97 Å².